The molecule has 1 aromatic carbocycles. The van der Waals surface area contributed by atoms with Crippen molar-refractivity contribution in [3.05, 3.63) is 41.2 Å². The third kappa shape index (κ3) is 5.52. The first-order valence-corrected chi connectivity index (χ1v) is 10.4. The van der Waals surface area contributed by atoms with Gasteiger partial charge in [-0.2, -0.15) is 0 Å². The second-order valence-electron chi connectivity index (χ2n) is 7.47. The molecule has 0 aliphatic carbocycles. The molecule has 1 aromatic rings. The van der Waals surface area contributed by atoms with Crippen molar-refractivity contribution in [2.45, 2.75) is 44.4 Å². The highest BCUT2D eigenvalue weighted by Crippen LogP contribution is 2.38. The minimum atomic E-state index is -1.28. The Morgan fingerprint density at radius 1 is 1.46 bits per heavy atom. The van der Waals surface area contributed by atoms with E-state index in [0.717, 1.165) is 31.5 Å². The lowest BCUT2D eigenvalue weighted by molar-refractivity contribution is 0.294. The van der Waals surface area contributed by atoms with E-state index in [-0.39, 0.29) is 23.6 Å². The molecule has 2 N–H and O–H groups in total. The molecule has 2 atom stereocenters. The summed E-state index contributed by atoms with van der Waals surface area (Å²) < 4.78 is 35.3. The van der Waals surface area contributed by atoms with Crippen LogP contribution in [0.4, 0.5) is 4.39 Å². The van der Waals surface area contributed by atoms with Crippen molar-refractivity contribution >= 4 is 22.6 Å². The van der Waals surface area contributed by atoms with Gasteiger partial charge in [0.1, 0.15) is 18.2 Å². The van der Waals surface area contributed by atoms with Gasteiger partial charge < -0.3 is 10.1 Å². The van der Waals surface area contributed by atoms with Crippen molar-refractivity contribution in [1.29, 1.82) is 0 Å². The highest BCUT2D eigenvalue weighted by Gasteiger charge is 2.32. The summed E-state index contributed by atoms with van der Waals surface area (Å²) >= 11 is 6.06. The number of ether oxygens (including phenoxy) is 1. The molecule has 0 spiro atoms. The smallest absolute Gasteiger partial charge is 0.145 e. The van der Waals surface area contributed by atoms with Crippen LogP contribution in [-0.2, 0) is 11.0 Å². The lowest BCUT2D eigenvalue weighted by Gasteiger charge is -2.34. The molecule has 0 aromatic heterocycles. The standard InChI is InChI=1S/C19H28ClFN2O2S/c1-5-10-25-17-12-16(21)15(20)11-14(17)18(13-6-8-22-9-7-13)23-26(24)19(2,3)4/h5,11-13,18,22-23H,1,6-10H2,2-4H3/t18?,26-/m0/s1. The van der Waals surface area contributed by atoms with Crippen LogP contribution >= 0.6 is 11.6 Å². The van der Waals surface area contributed by atoms with E-state index < -0.39 is 21.5 Å². The Labute approximate surface area is 163 Å². The number of rotatable bonds is 7. The maximum Gasteiger partial charge on any atom is 0.145 e. The zero-order chi connectivity index (χ0) is 19.3. The molecule has 0 bridgehead atoms. The van der Waals surface area contributed by atoms with Crippen molar-refractivity contribution in [3.8, 4) is 5.75 Å². The Kier molecular flexibility index (Phi) is 7.64. The van der Waals surface area contributed by atoms with Gasteiger partial charge in [-0.05, 0) is 58.7 Å². The van der Waals surface area contributed by atoms with Crippen LogP contribution in [0.2, 0.25) is 5.02 Å². The van der Waals surface area contributed by atoms with E-state index in [1.165, 1.54) is 6.07 Å². The maximum absolute atomic E-state index is 14.0. The third-order valence-corrected chi connectivity index (χ3v) is 6.26. The Bertz CT molecular complexity index is 658. The molecular weight excluding hydrogens is 375 g/mol. The number of hydrogen-bond donors (Lipinski definition) is 2. The summed E-state index contributed by atoms with van der Waals surface area (Å²) in [5.74, 6) is 0.124. The van der Waals surface area contributed by atoms with E-state index in [1.807, 2.05) is 20.8 Å². The van der Waals surface area contributed by atoms with Gasteiger partial charge in [-0.1, -0.05) is 24.3 Å². The first-order chi connectivity index (χ1) is 12.2. The first kappa shape index (κ1) is 21.4. The normalized spacial score (nSPS) is 18.3. The Morgan fingerprint density at radius 2 is 2.12 bits per heavy atom. The van der Waals surface area contributed by atoms with E-state index in [1.54, 1.807) is 12.1 Å². The quantitative estimate of drug-likeness (QED) is 0.674. The van der Waals surface area contributed by atoms with Crippen LogP contribution in [0.25, 0.3) is 0 Å². The average Bonchev–Trinajstić information content (AvgIpc) is 2.60. The first-order valence-electron chi connectivity index (χ1n) is 8.85. The lowest BCUT2D eigenvalue weighted by atomic mass is 9.86. The third-order valence-electron chi connectivity index (χ3n) is 4.39. The monoisotopic (exact) mass is 402 g/mol. The Balaban J connectivity index is 2.44. The van der Waals surface area contributed by atoms with Crippen molar-refractivity contribution in [2.24, 2.45) is 5.92 Å². The molecule has 0 amide bonds. The Morgan fingerprint density at radius 3 is 2.69 bits per heavy atom. The summed E-state index contributed by atoms with van der Waals surface area (Å²) in [5.41, 5.74) is 0.739. The predicted molar refractivity (Wildman–Crippen MR) is 106 cm³/mol. The molecule has 146 valence electrons. The van der Waals surface area contributed by atoms with Crippen LogP contribution in [0.1, 0.15) is 45.2 Å². The summed E-state index contributed by atoms with van der Waals surface area (Å²) in [5, 5.41) is 3.38. The number of halogens is 2. The van der Waals surface area contributed by atoms with Crippen molar-refractivity contribution in [2.75, 3.05) is 19.7 Å². The summed E-state index contributed by atoms with van der Waals surface area (Å²) in [7, 11) is -1.28. The number of piperidine rings is 1. The van der Waals surface area contributed by atoms with Gasteiger partial charge in [0.25, 0.3) is 0 Å². The fraction of sp³-hybridized carbons (Fsp3) is 0.579. The maximum atomic E-state index is 14.0. The second kappa shape index (κ2) is 9.31. The lowest BCUT2D eigenvalue weighted by Crippen LogP contribution is -2.41. The van der Waals surface area contributed by atoms with Gasteiger partial charge in [0.15, 0.2) is 0 Å². The Hall–Kier alpha value is -0.950. The number of benzene rings is 1. The highest BCUT2D eigenvalue weighted by molar-refractivity contribution is 7.84. The molecule has 2 rings (SSSR count). The number of hydrogen-bond acceptors (Lipinski definition) is 3. The topological polar surface area (TPSA) is 50.4 Å². The molecule has 4 nitrogen and oxygen atoms in total. The van der Waals surface area contributed by atoms with E-state index in [4.69, 9.17) is 16.3 Å². The summed E-state index contributed by atoms with van der Waals surface area (Å²) in [6.07, 6.45) is 3.46. The van der Waals surface area contributed by atoms with E-state index in [2.05, 4.69) is 16.6 Å². The fourth-order valence-corrected chi connectivity index (χ4v) is 4.02. The van der Waals surface area contributed by atoms with Gasteiger partial charge in [-0.25, -0.2) is 13.3 Å². The van der Waals surface area contributed by atoms with Gasteiger partial charge >= 0.3 is 0 Å². The second-order valence-corrected chi connectivity index (χ2v) is 9.87. The van der Waals surface area contributed by atoms with E-state index >= 15 is 0 Å². The van der Waals surface area contributed by atoms with Crippen LogP contribution < -0.4 is 14.8 Å². The molecule has 1 heterocycles. The van der Waals surface area contributed by atoms with Crippen molar-refractivity contribution in [1.82, 2.24) is 10.0 Å². The summed E-state index contributed by atoms with van der Waals surface area (Å²) in [4.78, 5) is 0. The molecule has 0 saturated carbocycles. The molecule has 26 heavy (non-hydrogen) atoms. The molecule has 1 aliphatic heterocycles. The molecule has 0 radical (unpaired) electrons. The van der Waals surface area contributed by atoms with Crippen LogP contribution in [0.15, 0.2) is 24.8 Å². The van der Waals surface area contributed by atoms with Crippen LogP contribution in [0.5, 0.6) is 5.75 Å². The summed E-state index contributed by atoms with van der Waals surface area (Å²) in [6.45, 7) is 11.4. The SMILES string of the molecule is C=CCOc1cc(F)c(Cl)cc1C(N[S@@](=O)C(C)(C)C)C1CCNCC1. The zero-order valence-corrected chi connectivity index (χ0v) is 17.2. The fourth-order valence-electron chi connectivity index (χ4n) is 2.94. The van der Waals surface area contributed by atoms with E-state index in [9.17, 15) is 8.60 Å². The molecule has 1 unspecified atom stereocenters. The molecular formula is C19H28ClFN2O2S. The predicted octanol–water partition coefficient (Wildman–Crippen LogP) is 4.14. The van der Waals surface area contributed by atoms with Crippen molar-refractivity contribution < 1.29 is 13.3 Å². The van der Waals surface area contributed by atoms with Crippen LogP contribution in [-0.4, -0.2) is 28.7 Å². The minimum absolute atomic E-state index is 0.0354. The van der Waals surface area contributed by atoms with Gasteiger partial charge in [0.05, 0.1) is 26.8 Å². The number of nitrogens with one attached hydrogen (secondary N) is 2. The van der Waals surface area contributed by atoms with Crippen molar-refractivity contribution in [3.63, 3.8) is 0 Å². The minimum Gasteiger partial charge on any atom is -0.489 e. The van der Waals surface area contributed by atoms with Gasteiger partial charge in [-0.3, -0.25) is 0 Å². The van der Waals surface area contributed by atoms with Crippen LogP contribution in [0.3, 0.4) is 0 Å². The zero-order valence-electron chi connectivity index (χ0n) is 15.6. The molecule has 1 fully saturated rings. The van der Waals surface area contributed by atoms with Gasteiger partial charge in [0.2, 0.25) is 0 Å². The largest absolute Gasteiger partial charge is 0.489 e. The van der Waals surface area contributed by atoms with Gasteiger partial charge in [0, 0.05) is 11.6 Å². The average molecular weight is 403 g/mol. The highest BCUT2D eigenvalue weighted by atomic mass is 35.5. The molecule has 1 aliphatic rings. The molecule has 1 saturated heterocycles. The van der Waals surface area contributed by atoms with Crippen LogP contribution in [0, 0.1) is 11.7 Å². The molecule has 7 heteroatoms. The van der Waals surface area contributed by atoms with E-state index in [0.29, 0.717) is 5.75 Å². The summed E-state index contributed by atoms with van der Waals surface area (Å²) in [6, 6.07) is 2.65. The van der Waals surface area contributed by atoms with Gasteiger partial charge in [-0.15, -0.1) is 0 Å².